The topological polar surface area (TPSA) is 113 Å². The van der Waals surface area contributed by atoms with Crippen LogP contribution < -0.4 is 15.8 Å². The minimum Gasteiger partial charge on any atom is -0.349 e. The monoisotopic (exact) mass is 446 g/mol. The van der Waals surface area contributed by atoms with Gasteiger partial charge in [0.25, 0.3) is 5.91 Å². The van der Waals surface area contributed by atoms with Crippen molar-refractivity contribution in [3.63, 3.8) is 0 Å². The Morgan fingerprint density at radius 2 is 1.90 bits per heavy atom. The summed E-state index contributed by atoms with van der Waals surface area (Å²) in [4.78, 5) is 33.0. The number of halogens is 2. The molecule has 0 atom stereocenters. The van der Waals surface area contributed by atoms with Crippen LogP contribution in [0.1, 0.15) is 15.9 Å². The van der Waals surface area contributed by atoms with Gasteiger partial charge in [-0.3, -0.25) is 25.8 Å². The molecule has 2 N–H and O–H groups in total. The van der Waals surface area contributed by atoms with Gasteiger partial charge in [0.1, 0.15) is 6.33 Å². The zero-order valence-corrected chi connectivity index (χ0v) is 17.2. The highest BCUT2D eigenvalue weighted by atomic mass is 35.5. The average Bonchev–Trinajstić information content (AvgIpc) is 2.72. The summed E-state index contributed by atoms with van der Waals surface area (Å²) in [7, 11) is 1.68. The average molecular weight is 447 g/mol. The second-order valence-corrected chi connectivity index (χ2v) is 7.04. The molecule has 1 aromatic heterocycles. The molecule has 0 radical (unpaired) electrons. The van der Waals surface area contributed by atoms with E-state index in [-0.39, 0.29) is 27.9 Å². The van der Waals surface area contributed by atoms with Gasteiger partial charge in [-0.25, -0.2) is 9.97 Å². The van der Waals surface area contributed by atoms with E-state index < -0.39 is 10.8 Å². The van der Waals surface area contributed by atoms with Crippen molar-refractivity contribution >= 4 is 46.4 Å². The molecule has 0 aliphatic heterocycles. The molecule has 0 saturated carbocycles. The highest BCUT2D eigenvalue weighted by Gasteiger charge is 2.26. The molecule has 2 aromatic carbocycles. The molecule has 30 heavy (non-hydrogen) atoms. The van der Waals surface area contributed by atoms with Crippen molar-refractivity contribution in [1.29, 1.82) is 0 Å². The Morgan fingerprint density at radius 3 is 2.57 bits per heavy atom. The molecule has 11 heteroatoms. The van der Waals surface area contributed by atoms with Crippen molar-refractivity contribution in [2.45, 2.75) is 6.54 Å². The van der Waals surface area contributed by atoms with E-state index in [4.69, 9.17) is 23.2 Å². The molecule has 9 nitrogen and oxygen atoms in total. The summed E-state index contributed by atoms with van der Waals surface area (Å²) in [6, 6.07) is 13.8. The second kappa shape index (κ2) is 9.38. The molecule has 1 amide bonds. The lowest BCUT2D eigenvalue weighted by Gasteiger charge is -2.19. The lowest BCUT2D eigenvalue weighted by atomic mass is 10.2. The number of carbonyl (C=O) groups is 1. The molecule has 0 aliphatic carbocycles. The Hall–Kier alpha value is -3.43. The van der Waals surface area contributed by atoms with E-state index >= 15 is 0 Å². The molecule has 3 aromatic rings. The van der Waals surface area contributed by atoms with Crippen LogP contribution in [0.15, 0.2) is 54.9 Å². The number of hydrogen-bond donors (Lipinski definition) is 2. The van der Waals surface area contributed by atoms with Crippen LogP contribution in [-0.2, 0) is 6.54 Å². The number of benzene rings is 2. The fourth-order valence-corrected chi connectivity index (χ4v) is 3.19. The smallest absolute Gasteiger partial charge is 0.349 e. The van der Waals surface area contributed by atoms with E-state index in [1.165, 1.54) is 24.5 Å². The van der Waals surface area contributed by atoms with Gasteiger partial charge in [0.05, 0.1) is 15.5 Å². The van der Waals surface area contributed by atoms with Crippen molar-refractivity contribution in [3.8, 4) is 0 Å². The van der Waals surface area contributed by atoms with Gasteiger partial charge < -0.3 is 4.90 Å². The van der Waals surface area contributed by atoms with Crippen LogP contribution in [0.2, 0.25) is 10.0 Å². The van der Waals surface area contributed by atoms with Gasteiger partial charge in [0.15, 0.2) is 0 Å². The molecule has 0 fully saturated rings. The van der Waals surface area contributed by atoms with E-state index in [9.17, 15) is 14.9 Å². The predicted molar refractivity (Wildman–Crippen MR) is 115 cm³/mol. The molecule has 1 heterocycles. The van der Waals surface area contributed by atoms with Crippen LogP contribution in [0.25, 0.3) is 0 Å². The Labute approximate surface area is 181 Å². The highest BCUT2D eigenvalue weighted by molar-refractivity contribution is 6.36. The van der Waals surface area contributed by atoms with Crippen molar-refractivity contribution in [3.05, 3.63) is 86.1 Å². The van der Waals surface area contributed by atoms with E-state index in [0.29, 0.717) is 11.6 Å². The number of hydrazine groups is 1. The fourth-order valence-electron chi connectivity index (χ4n) is 2.70. The summed E-state index contributed by atoms with van der Waals surface area (Å²) >= 11 is 11.8. The molecule has 0 aliphatic rings. The van der Waals surface area contributed by atoms with Gasteiger partial charge in [0, 0.05) is 18.6 Å². The van der Waals surface area contributed by atoms with Crippen LogP contribution in [0, 0.1) is 10.1 Å². The quantitative estimate of drug-likeness (QED) is 0.414. The van der Waals surface area contributed by atoms with Crippen LogP contribution in [0.5, 0.6) is 0 Å². The maximum Gasteiger partial charge on any atom is 0.355 e. The number of anilines is 2. The SMILES string of the molecule is CN(Cc1ccccc1)c1ncnc(NNC(=O)c2ccc(Cl)cc2Cl)c1[N+](=O)[O-]. The van der Waals surface area contributed by atoms with E-state index in [1.807, 2.05) is 30.3 Å². The number of carbonyl (C=O) groups excluding carboxylic acids is 1. The first-order valence-corrected chi connectivity index (χ1v) is 9.38. The summed E-state index contributed by atoms with van der Waals surface area (Å²) in [5.74, 6) is -0.674. The van der Waals surface area contributed by atoms with Crippen molar-refractivity contribution in [1.82, 2.24) is 15.4 Å². The third kappa shape index (κ3) is 4.94. The molecular weight excluding hydrogens is 431 g/mol. The molecular formula is C19H16Cl2N6O3. The first kappa shape index (κ1) is 21.3. The largest absolute Gasteiger partial charge is 0.355 e. The maximum absolute atomic E-state index is 12.4. The number of amides is 1. The lowest BCUT2D eigenvalue weighted by molar-refractivity contribution is -0.383. The third-order valence-corrected chi connectivity index (χ3v) is 4.63. The zero-order valence-electron chi connectivity index (χ0n) is 15.7. The summed E-state index contributed by atoms with van der Waals surface area (Å²) in [6.07, 6.45) is 1.17. The van der Waals surface area contributed by atoms with E-state index in [1.54, 1.807) is 11.9 Å². The summed E-state index contributed by atoms with van der Waals surface area (Å²) in [6.45, 7) is 0.394. The summed E-state index contributed by atoms with van der Waals surface area (Å²) < 4.78 is 0. The van der Waals surface area contributed by atoms with Crippen LogP contribution >= 0.6 is 23.2 Å². The fraction of sp³-hybridized carbons (Fsp3) is 0.105. The first-order valence-electron chi connectivity index (χ1n) is 8.62. The standard InChI is InChI=1S/C19H16Cl2N6O3/c1-26(10-12-5-3-2-4-6-12)18-16(27(29)30)17(22-11-23-18)24-25-19(28)14-8-7-13(20)9-15(14)21/h2-9,11H,10H2,1H3,(H,25,28)(H,22,23,24). The molecule has 3 rings (SSSR count). The third-order valence-electron chi connectivity index (χ3n) is 4.08. The minimum atomic E-state index is -0.611. The van der Waals surface area contributed by atoms with Crippen LogP contribution in [0.3, 0.4) is 0 Å². The van der Waals surface area contributed by atoms with Crippen molar-refractivity contribution < 1.29 is 9.72 Å². The summed E-state index contributed by atoms with van der Waals surface area (Å²) in [5.41, 5.74) is 5.56. The predicted octanol–water partition coefficient (Wildman–Crippen LogP) is 4.08. The van der Waals surface area contributed by atoms with Crippen LogP contribution in [0.4, 0.5) is 17.3 Å². The minimum absolute atomic E-state index is 0.0973. The number of nitro groups is 1. The zero-order chi connectivity index (χ0) is 21.7. The Bertz CT molecular complexity index is 1080. The number of hydrogen-bond acceptors (Lipinski definition) is 7. The Kier molecular flexibility index (Phi) is 6.65. The van der Waals surface area contributed by atoms with Gasteiger partial charge in [-0.15, -0.1) is 0 Å². The summed E-state index contributed by atoms with van der Waals surface area (Å²) in [5, 5.41) is 12.2. The van der Waals surface area contributed by atoms with Crippen LogP contribution in [-0.4, -0.2) is 27.8 Å². The van der Waals surface area contributed by atoms with Gasteiger partial charge in [-0.1, -0.05) is 53.5 Å². The molecule has 0 spiro atoms. The first-order chi connectivity index (χ1) is 14.4. The molecule has 154 valence electrons. The number of aromatic nitrogens is 2. The van der Waals surface area contributed by atoms with Gasteiger partial charge >= 0.3 is 5.69 Å². The maximum atomic E-state index is 12.4. The van der Waals surface area contributed by atoms with Crippen molar-refractivity contribution in [2.24, 2.45) is 0 Å². The van der Waals surface area contributed by atoms with Crippen molar-refractivity contribution in [2.75, 3.05) is 17.4 Å². The second-order valence-electron chi connectivity index (χ2n) is 6.20. The Morgan fingerprint density at radius 1 is 1.17 bits per heavy atom. The highest BCUT2D eigenvalue weighted by Crippen LogP contribution is 2.31. The van der Waals surface area contributed by atoms with E-state index in [0.717, 1.165) is 5.56 Å². The molecule has 0 unspecified atom stereocenters. The van der Waals surface area contributed by atoms with E-state index in [2.05, 4.69) is 20.8 Å². The number of nitrogens with one attached hydrogen (secondary N) is 2. The van der Waals surface area contributed by atoms with Gasteiger partial charge in [-0.2, -0.15) is 0 Å². The Balaban J connectivity index is 1.82. The lowest BCUT2D eigenvalue weighted by Crippen LogP contribution is -2.31. The normalized spacial score (nSPS) is 10.4. The number of nitrogens with zero attached hydrogens (tertiary/aromatic N) is 4. The van der Waals surface area contributed by atoms with Gasteiger partial charge in [-0.05, 0) is 23.8 Å². The number of rotatable bonds is 7. The molecule has 0 bridgehead atoms. The molecule has 0 saturated heterocycles. The van der Waals surface area contributed by atoms with Gasteiger partial charge in [0.2, 0.25) is 11.6 Å².